The maximum atomic E-state index is 12.0. The zero-order valence-corrected chi connectivity index (χ0v) is 21.7. The number of ether oxygens (including phenoxy) is 6. The highest BCUT2D eigenvalue weighted by Gasteiger charge is 2.14. The average Bonchev–Trinajstić information content (AvgIpc) is 2.82. The second-order valence-electron chi connectivity index (χ2n) is 7.74. The number of benzene rings is 1. The summed E-state index contributed by atoms with van der Waals surface area (Å²) in [5, 5.41) is 0. The molecule has 34 heavy (non-hydrogen) atoms. The van der Waals surface area contributed by atoms with Gasteiger partial charge >= 0.3 is 0 Å². The van der Waals surface area contributed by atoms with Gasteiger partial charge in [-0.3, -0.25) is 4.18 Å². The van der Waals surface area contributed by atoms with Crippen LogP contribution in [0.2, 0.25) is 0 Å². The second-order valence-corrected chi connectivity index (χ2v) is 9.35. The quantitative estimate of drug-likeness (QED) is 0.164. The van der Waals surface area contributed by atoms with E-state index in [1.807, 2.05) is 6.92 Å². The standard InChI is InChI=1S/C24H42O9S/c1-4-22(2)21-32-18-17-30-14-13-28-10-9-27-11-12-29-15-16-31-19-20-33-34(25,26)24-7-5-23(3)6-8-24/h5-8,22H,4,9-21H2,1-3H3. The van der Waals surface area contributed by atoms with E-state index in [2.05, 4.69) is 13.8 Å². The predicted molar refractivity (Wildman–Crippen MR) is 129 cm³/mol. The van der Waals surface area contributed by atoms with Crippen LogP contribution in [-0.2, 0) is 42.7 Å². The van der Waals surface area contributed by atoms with Gasteiger partial charge in [-0.15, -0.1) is 0 Å². The van der Waals surface area contributed by atoms with E-state index < -0.39 is 10.1 Å². The SMILES string of the molecule is CCC(C)COCCOCCOCCOCCOCCOCCOS(=O)(=O)c1ccc(C)cc1. The summed E-state index contributed by atoms with van der Waals surface area (Å²) in [5.41, 5.74) is 0.983. The van der Waals surface area contributed by atoms with Crippen LogP contribution in [0, 0.1) is 12.8 Å². The topological polar surface area (TPSA) is 98.8 Å². The van der Waals surface area contributed by atoms with Crippen LogP contribution < -0.4 is 0 Å². The Labute approximate surface area is 205 Å². The number of hydrogen-bond acceptors (Lipinski definition) is 9. The second kappa shape index (κ2) is 20.1. The van der Waals surface area contributed by atoms with Crippen LogP contribution >= 0.6 is 0 Å². The van der Waals surface area contributed by atoms with Crippen LogP contribution in [0.3, 0.4) is 0 Å². The van der Waals surface area contributed by atoms with Crippen LogP contribution in [0.25, 0.3) is 0 Å². The molecule has 1 rings (SSSR count). The van der Waals surface area contributed by atoms with E-state index in [4.69, 9.17) is 32.6 Å². The van der Waals surface area contributed by atoms with Gasteiger partial charge in [0.15, 0.2) is 0 Å². The fourth-order valence-electron chi connectivity index (χ4n) is 2.48. The summed E-state index contributed by atoms with van der Waals surface area (Å²) in [6.07, 6.45) is 1.12. The zero-order valence-electron chi connectivity index (χ0n) is 20.9. The highest BCUT2D eigenvalue weighted by atomic mass is 32.2. The average molecular weight is 507 g/mol. The largest absolute Gasteiger partial charge is 0.379 e. The molecule has 0 bridgehead atoms. The van der Waals surface area contributed by atoms with Crippen LogP contribution in [0.15, 0.2) is 29.2 Å². The lowest BCUT2D eigenvalue weighted by molar-refractivity contribution is -0.0190. The van der Waals surface area contributed by atoms with E-state index >= 15 is 0 Å². The first kappa shape index (κ1) is 30.9. The first-order chi connectivity index (χ1) is 16.5. The van der Waals surface area contributed by atoms with Crippen LogP contribution in [-0.4, -0.2) is 94.3 Å². The molecule has 0 radical (unpaired) electrons. The van der Waals surface area contributed by atoms with Crippen molar-refractivity contribution in [3.8, 4) is 0 Å². The molecule has 9 nitrogen and oxygen atoms in total. The summed E-state index contributed by atoms with van der Waals surface area (Å²) >= 11 is 0. The zero-order chi connectivity index (χ0) is 24.9. The minimum Gasteiger partial charge on any atom is -0.379 e. The Morgan fingerprint density at radius 1 is 0.647 bits per heavy atom. The molecule has 0 aliphatic rings. The van der Waals surface area contributed by atoms with Crippen molar-refractivity contribution in [2.45, 2.75) is 32.1 Å². The molecule has 1 unspecified atom stereocenters. The Balaban J connectivity index is 1.79. The van der Waals surface area contributed by atoms with Crippen molar-refractivity contribution in [3.63, 3.8) is 0 Å². The van der Waals surface area contributed by atoms with Crippen molar-refractivity contribution >= 4 is 10.1 Å². The smallest absolute Gasteiger partial charge is 0.297 e. The third kappa shape index (κ3) is 16.5. The van der Waals surface area contributed by atoms with Gasteiger partial charge in [0.1, 0.15) is 0 Å². The van der Waals surface area contributed by atoms with Gasteiger partial charge in [0.05, 0.1) is 84.2 Å². The molecule has 0 aromatic heterocycles. The summed E-state index contributed by atoms with van der Waals surface area (Å²) in [5.74, 6) is 0.588. The van der Waals surface area contributed by atoms with E-state index in [1.54, 1.807) is 12.1 Å². The maximum Gasteiger partial charge on any atom is 0.297 e. The molecule has 0 spiro atoms. The van der Waals surface area contributed by atoms with Gasteiger partial charge in [0.2, 0.25) is 0 Å². The van der Waals surface area contributed by atoms with E-state index in [0.717, 1.165) is 18.6 Å². The Hall–Kier alpha value is -1.11. The third-order valence-corrected chi connectivity index (χ3v) is 6.06. The third-order valence-electron chi connectivity index (χ3n) is 4.74. The van der Waals surface area contributed by atoms with Crippen molar-refractivity contribution < 1.29 is 41.0 Å². The van der Waals surface area contributed by atoms with E-state index in [9.17, 15) is 8.42 Å². The Kier molecular flexibility index (Phi) is 18.3. The predicted octanol–water partition coefficient (Wildman–Crippen LogP) is 2.85. The Morgan fingerprint density at radius 2 is 1.03 bits per heavy atom. The molecule has 0 saturated heterocycles. The monoisotopic (exact) mass is 506 g/mol. The van der Waals surface area contributed by atoms with Gasteiger partial charge in [0.25, 0.3) is 10.1 Å². The number of rotatable bonds is 23. The first-order valence-electron chi connectivity index (χ1n) is 11.9. The van der Waals surface area contributed by atoms with Gasteiger partial charge in [-0.25, -0.2) is 0 Å². The normalized spacial score (nSPS) is 12.8. The van der Waals surface area contributed by atoms with E-state index in [-0.39, 0.29) is 18.1 Å². The number of aryl methyl sites for hydroxylation is 1. The van der Waals surface area contributed by atoms with Gasteiger partial charge in [-0.05, 0) is 25.0 Å². The van der Waals surface area contributed by atoms with E-state index in [0.29, 0.717) is 72.0 Å². The Bertz CT molecular complexity index is 695. The highest BCUT2D eigenvalue weighted by molar-refractivity contribution is 7.86. The van der Waals surface area contributed by atoms with Crippen LogP contribution in [0.4, 0.5) is 0 Å². The molecule has 0 aliphatic heterocycles. The summed E-state index contributed by atoms with van der Waals surface area (Å²) in [4.78, 5) is 0.137. The van der Waals surface area contributed by atoms with Gasteiger partial charge in [0, 0.05) is 6.61 Å². The molecule has 1 atom stereocenters. The van der Waals surface area contributed by atoms with Crippen molar-refractivity contribution in [2.24, 2.45) is 5.92 Å². The molecule has 10 heteroatoms. The van der Waals surface area contributed by atoms with Crippen LogP contribution in [0.5, 0.6) is 0 Å². The minimum absolute atomic E-state index is 0.0453. The molecular formula is C24H42O9S. The van der Waals surface area contributed by atoms with Gasteiger partial charge in [-0.1, -0.05) is 38.0 Å². The molecule has 0 N–H and O–H groups in total. The summed E-state index contributed by atoms with van der Waals surface area (Å²) < 4.78 is 61.5. The minimum atomic E-state index is -3.75. The lowest BCUT2D eigenvalue weighted by Gasteiger charge is -2.10. The van der Waals surface area contributed by atoms with Crippen molar-refractivity contribution in [2.75, 3.05) is 85.9 Å². The molecule has 198 valence electrons. The maximum absolute atomic E-state index is 12.0. The van der Waals surface area contributed by atoms with Crippen molar-refractivity contribution in [3.05, 3.63) is 29.8 Å². The van der Waals surface area contributed by atoms with Crippen LogP contribution in [0.1, 0.15) is 25.8 Å². The highest BCUT2D eigenvalue weighted by Crippen LogP contribution is 2.12. The lowest BCUT2D eigenvalue weighted by atomic mass is 10.1. The first-order valence-corrected chi connectivity index (χ1v) is 13.3. The molecule has 0 saturated carbocycles. The lowest BCUT2D eigenvalue weighted by Crippen LogP contribution is -2.15. The Morgan fingerprint density at radius 3 is 1.44 bits per heavy atom. The summed E-state index contributed by atoms with van der Waals surface area (Å²) in [7, 11) is -3.75. The molecule has 0 amide bonds. The van der Waals surface area contributed by atoms with Crippen molar-refractivity contribution in [1.82, 2.24) is 0 Å². The molecule has 1 aromatic carbocycles. The molecule has 0 fully saturated rings. The summed E-state index contributed by atoms with van der Waals surface area (Å²) in [6, 6.07) is 6.50. The number of hydrogen-bond donors (Lipinski definition) is 0. The molecule has 0 aliphatic carbocycles. The molecule has 1 aromatic rings. The fraction of sp³-hybridized carbons (Fsp3) is 0.750. The van der Waals surface area contributed by atoms with E-state index in [1.165, 1.54) is 12.1 Å². The fourth-order valence-corrected chi connectivity index (χ4v) is 3.37. The van der Waals surface area contributed by atoms with Crippen molar-refractivity contribution in [1.29, 1.82) is 0 Å². The summed E-state index contributed by atoms with van der Waals surface area (Å²) in [6.45, 7) is 12.0. The van der Waals surface area contributed by atoms with Gasteiger partial charge in [-0.2, -0.15) is 8.42 Å². The van der Waals surface area contributed by atoms with Gasteiger partial charge < -0.3 is 28.4 Å². The molecule has 0 heterocycles. The molecular weight excluding hydrogens is 464 g/mol.